The summed E-state index contributed by atoms with van der Waals surface area (Å²) in [5.41, 5.74) is 6.52. The SMILES string of the molecule is CCOc1ccccc1OCCn1cnc(CCN)c1. The largest absolute Gasteiger partial charge is 0.490 e. The van der Waals surface area contributed by atoms with E-state index in [2.05, 4.69) is 4.98 Å². The highest BCUT2D eigenvalue weighted by Gasteiger charge is 2.03. The number of nitrogens with two attached hydrogens (primary N) is 1. The first-order valence-corrected chi connectivity index (χ1v) is 6.88. The molecular formula is C15H21N3O2. The molecule has 0 unspecified atom stereocenters. The number of ether oxygens (including phenoxy) is 2. The number of aromatic nitrogens is 2. The van der Waals surface area contributed by atoms with Crippen molar-refractivity contribution in [1.29, 1.82) is 0 Å². The summed E-state index contributed by atoms with van der Waals surface area (Å²) in [6.45, 7) is 4.53. The Balaban J connectivity index is 1.85. The second-order valence-corrected chi connectivity index (χ2v) is 4.37. The lowest BCUT2D eigenvalue weighted by atomic mass is 10.3. The summed E-state index contributed by atoms with van der Waals surface area (Å²) >= 11 is 0. The minimum Gasteiger partial charge on any atom is -0.490 e. The predicted molar refractivity (Wildman–Crippen MR) is 78.1 cm³/mol. The van der Waals surface area contributed by atoms with E-state index in [-0.39, 0.29) is 0 Å². The van der Waals surface area contributed by atoms with Crippen LogP contribution in [0.2, 0.25) is 0 Å². The van der Waals surface area contributed by atoms with Crippen molar-refractivity contribution in [2.75, 3.05) is 19.8 Å². The average molecular weight is 275 g/mol. The van der Waals surface area contributed by atoms with Gasteiger partial charge in [0.25, 0.3) is 0 Å². The third-order valence-corrected chi connectivity index (χ3v) is 2.84. The van der Waals surface area contributed by atoms with Crippen molar-refractivity contribution in [3.05, 3.63) is 42.5 Å². The second kappa shape index (κ2) is 7.55. The number of imidazole rings is 1. The lowest BCUT2D eigenvalue weighted by Crippen LogP contribution is -2.08. The lowest BCUT2D eigenvalue weighted by Gasteiger charge is -2.11. The maximum absolute atomic E-state index is 5.76. The van der Waals surface area contributed by atoms with Gasteiger partial charge in [0.2, 0.25) is 0 Å². The van der Waals surface area contributed by atoms with Crippen molar-refractivity contribution in [2.24, 2.45) is 5.73 Å². The predicted octanol–water partition coefficient (Wildman–Crippen LogP) is 1.86. The first kappa shape index (κ1) is 14.4. The van der Waals surface area contributed by atoms with Gasteiger partial charge >= 0.3 is 0 Å². The van der Waals surface area contributed by atoms with E-state index in [1.54, 1.807) is 0 Å². The minimum atomic E-state index is 0.572. The van der Waals surface area contributed by atoms with Crippen molar-refractivity contribution >= 4 is 0 Å². The molecular weight excluding hydrogens is 254 g/mol. The van der Waals surface area contributed by atoms with Crippen LogP contribution in [0, 0.1) is 0 Å². The number of hydrogen-bond donors (Lipinski definition) is 1. The summed E-state index contributed by atoms with van der Waals surface area (Å²) in [6.07, 6.45) is 4.62. The molecule has 0 aliphatic carbocycles. The Morgan fingerprint density at radius 2 is 1.95 bits per heavy atom. The molecule has 0 atom stereocenters. The van der Waals surface area contributed by atoms with Gasteiger partial charge in [-0.3, -0.25) is 0 Å². The highest BCUT2D eigenvalue weighted by atomic mass is 16.5. The van der Waals surface area contributed by atoms with Crippen LogP contribution in [0.3, 0.4) is 0 Å². The fourth-order valence-corrected chi connectivity index (χ4v) is 1.91. The van der Waals surface area contributed by atoms with Crippen LogP contribution in [-0.2, 0) is 13.0 Å². The zero-order valence-corrected chi connectivity index (χ0v) is 11.8. The lowest BCUT2D eigenvalue weighted by molar-refractivity contribution is 0.266. The zero-order valence-electron chi connectivity index (χ0n) is 11.8. The molecule has 1 aromatic carbocycles. The molecule has 1 aromatic heterocycles. The Hall–Kier alpha value is -2.01. The molecule has 0 saturated heterocycles. The van der Waals surface area contributed by atoms with E-state index < -0.39 is 0 Å². The number of benzene rings is 1. The standard InChI is InChI=1S/C15H21N3O2/c1-2-19-14-5-3-4-6-15(14)20-10-9-18-11-13(7-8-16)17-12-18/h3-6,11-12H,2,7-10,16H2,1H3. The Labute approximate surface area is 119 Å². The quantitative estimate of drug-likeness (QED) is 0.799. The summed E-state index contributed by atoms with van der Waals surface area (Å²) in [5.74, 6) is 1.56. The molecule has 0 aliphatic heterocycles. The van der Waals surface area contributed by atoms with Crippen molar-refractivity contribution in [1.82, 2.24) is 9.55 Å². The van der Waals surface area contributed by atoms with E-state index in [1.807, 2.05) is 48.3 Å². The molecule has 2 rings (SSSR count). The molecule has 0 aliphatic rings. The third-order valence-electron chi connectivity index (χ3n) is 2.84. The van der Waals surface area contributed by atoms with Gasteiger partial charge in [-0.1, -0.05) is 12.1 Å². The van der Waals surface area contributed by atoms with Gasteiger partial charge in [-0.15, -0.1) is 0 Å². The highest BCUT2D eigenvalue weighted by molar-refractivity contribution is 5.39. The van der Waals surface area contributed by atoms with Crippen LogP contribution >= 0.6 is 0 Å². The first-order valence-electron chi connectivity index (χ1n) is 6.88. The van der Waals surface area contributed by atoms with Crippen molar-refractivity contribution < 1.29 is 9.47 Å². The van der Waals surface area contributed by atoms with E-state index in [4.69, 9.17) is 15.2 Å². The fraction of sp³-hybridized carbons (Fsp3) is 0.400. The van der Waals surface area contributed by atoms with E-state index in [0.29, 0.717) is 19.8 Å². The molecule has 1 heterocycles. The van der Waals surface area contributed by atoms with Gasteiger partial charge in [-0.05, 0) is 25.6 Å². The molecule has 0 radical (unpaired) electrons. The van der Waals surface area contributed by atoms with Gasteiger partial charge in [0, 0.05) is 12.6 Å². The molecule has 5 heteroatoms. The van der Waals surface area contributed by atoms with E-state index in [0.717, 1.165) is 30.2 Å². The molecule has 108 valence electrons. The second-order valence-electron chi connectivity index (χ2n) is 4.37. The van der Waals surface area contributed by atoms with Gasteiger partial charge in [0.1, 0.15) is 6.61 Å². The average Bonchev–Trinajstić information content (AvgIpc) is 2.89. The van der Waals surface area contributed by atoms with Crippen LogP contribution in [0.25, 0.3) is 0 Å². The topological polar surface area (TPSA) is 62.3 Å². The fourth-order valence-electron chi connectivity index (χ4n) is 1.91. The summed E-state index contributed by atoms with van der Waals surface area (Å²) in [4.78, 5) is 4.28. The maximum Gasteiger partial charge on any atom is 0.161 e. The van der Waals surface area contributed by atoms with Gasteiger partial charge in [0.05, 0.1) is 25.2 Å². The first-order chi connectivity index (χ1) is 9.83. The van der Waals surface area contributed by atoms with Gasteiger partial charge in [-0.25, -0.2) is 4.98 Å². The molecule has 0 fully saturated rings. The van der Waals surface area contributed by atoms with Crippen molar-refractivity contribution in [3.63, 3.8) is 0 Å². The van der Waals surface area contributed by atoms with E-state index in [1.165, 1.54) is 0 Å². The third kappa shape index (κ3) is 3.99. The van der Waals surface area contributed by atoms with Crippen LogP contribution in [0.15, 0.2) is 36.8 Å². The molecule has 2 N–H and O–H groups in total. The zero-order chi connectivity index (χ0) is 14.2. The Morgan fingerprint density at radius 1 is 1.20 bits per heavy atom. The summed E-state index contributed by atoms with van der Waals surface area (Å²) in [7, 11) is 0. The maximum atomic E-state index is 5.76. The Bertz CT molecular complexity index is 525. The van der Waals surface area contributed by atoms with E-state index in [9.17, 15) is 0 Å². The van der Waals surface area contributed by atoms with Crippen LogP contribution in [0.1, 0.15) is 12.6 Å². The summed E-state index contributed by atoms with van der Waals surface area (Å²) < 4.78 is 13.3. The van der Waals surface area contributed by atoms with Crippen molar-refractivity contribution in [2.45, 2.75) is 19.9 Å². The minimum absolute atomic E-state index is 0.572. The van der Waals surface area contributed by atoms with E-state index >= 15 is 0 Å². The smallest absolute Gasteiger partial charge is 0.161 e. The molecule has 2 aromatic rings. The molecule has 5 nitrogen and oxygen atoms in total. The van der Waals surface area contributed by atoms with Crippen LogP contribution in [0.4, 0.5) is 0 Å². The molecule has 0 saturated carbocycles. The summed E-state index contributed by atoms with van der Waals surface area (Å²) in [6, 6.07) is 7.70. The number of rotatable bonds is 8. The van der Waals surface area contributed by atoms with Gasteiger partial charge in [-0.2, -0.15) is 0 Å². The highest BCUT2D eigenvalue weighted by Crippen LogP contribution is 2.26. The monoisotopic (exact) mass is 275 g/mol. The van der Waals surface area contributed by atoms with Crippen LogP contribution in [0.5, 0.6) is 11.5 Å². The Kier molecular flexibility index (Phi) is 5.43. The molecule has 0 amide bonds. The molecule has 0 bridgehead atoms. The number of hydrogen-bond acceptors (Lipinski definition) is 4. The number of nitrogens with zero attached hydrogens (tertiary/aromatic N) is 2. The van der Waals surface area contributed by atoms with Crippen molar-refractivity contribution in [3.8, 4) is 11.5 Å². The molecule has 20 heavy (non-hydrogen) atoms. The summed E-state index contributed by atoms with van der Waals surface area (Å²) in [5, 5.41) is 0. The van der Waals surface area contributed by atoms with Gasteiger partial charge in [0.15, 0.2) is 11.5 Å². The van der Waals surface area contributed by atoms with Crippen LogP contribution < -0.4 is 15.2 Å². The Morgan fingerprint density at radius 3 is 2.65 bits per heavy atom. The normalized spacial score (nSPS) is 10.5. The van der Waals surface area contributed by atoms with Crippen LogP contribution in [-0.4, -0.2) is 29.3 Å². The van der Waals surface area contributed by atoms with Gasteiger partial charge < -0.3 is 19.8 Å². The number of para-hydroxylation sites is 2. The molecule has 0 spiro atoms.